The van der Waals surface area contributed by atoms with Crippen LogP contribution in [0.15, 0.2) is 35.2 Å². The van der Waals surface area contributed by atoms with E-state index in [1.165, 1.54) is 16.4 Å². The molecule has 0 bridgehead atoms. The average Bonchev–Trinajstić information content (AvgIpc) is 2.97. The van der Waals surface area contributed by atoms with Gasteiger partial charge in [0.1, 0.15) is 0 Å². The Labute approximate surface area is 153 Å². The first-order valence-corrected chi connectivity index (χ1v) is 10.1. The highest BCUT2D eigenvalue weighted by atomic mass is 35.5. The molecule has 3 rings (SSSR count). The highest BCUT2D eigenvalue weighted by Crippen LogP contribution is 2.25. The number of aryl methyl sites for hydroxylation is 1. The summed E-state index contributed by atoms with van der Waals surface area (Å²) in [7, 11) is -0.115. The van der Waals surface area contributed by atoms with Crippen molar-refractivity contribution >= 4 is 21.6 Å². The standard InChI is InChI=1S/C17H23ClN4O2S/c1-21(25(23,24)16-5-3-14(18)4-6-16)12-15-11-17(20-22(15)2)13-7-9-19-10-8-13/h3-6,11,13,19H,7-10,12H2,1-2H3. The van der Waals surface area contributed by atoms with Crippen molar-refractivity contribution in [1.29, 1.82) is 0 Å². The maximum Gasteiger partial charge on any atom is 0.243 e. The van der Waals surface area contributed by atoms with Crippen molar-refractivity contribution in [2.45, 2.75) is 30.2 Å². The quantitative estimate of drug-likeness (QED) is 0.862. The van der Waals surface area contributed by atoms with Crippen molar-refractivity contribution in [2.24, 2.45) is 7.05 Å². The Morgan fingerprint density at radius 1 is 1.28 bits per heavy atom. The zero-order valence-electron chi connectivity index (χ0n) is 14.4. The van der Waals surface area contributed by atoms with Crippen LogP contribution >= 0.6 is 11.6 Å². The van der Waals surface area contributed by atoms with E-state index in [9.17, 15) is 8.42 Å². The molecule has 0 unspecified atom stereocenters. The summed E-state index contributed by atoms with van der Waals surface area (Å²) >= 11 is 5.84. The SMILES string of the molecule is CN(Cc1cc(C2CCNCC2)nn1C)S(=O)(=O)c1ccc(Cl)cc1. The second-order valence-electron chi connectivity index (χ2n) is 6.42. The van der Waals surface area contributed by atoms with Crippen LogP contribution in [0.1, 0.15) is 30.1 Å². The van der Waals surface area contributed by atoms with Gasteiger partial charge in [-0.25, -0.2) is 8.42 Å². The largest absolute Gasteiger partial charge is 0.317 e. The minimum absolute atomic E-state index is 0.236. The molecular formula is C17H23ClN4O2S. The van der Waals surface area contributed by atoms with Crippen LogP contribution < -0.4 is 5.32 Å². The minimum atomic E-state index is -3.56. The zero-order chi connectivity index (χ0) is 18.0. The van der Waals surface area contributed by atoms with E-state index in [-0.39, 0.29) is 11.4 Å². The van der Waals surface area contributed by atoms with Gasteiger partial charge in [-0.3, -0.25) is 4.68 Å². The van der Waals surface area contributed by atoms with Gasteiger partial charge in [0.15, 0.2) is 0 Å². The number of rotatable bonds is 5. The molecule has 1 aliphatic rings. The maximum atomic E-state index is 12.7. The third-order valence-electron chi connectivity index (χ3n) is 4.66. The van der Waals surface area contributed by atoms with E-state index in [0.717, 1.165) is 37.3 Å². The molecule has 1 aromatic heterocycles. The first kappa shape index (κ1) is 18.4. The Morgan fingerprint density at radius 3 is 2.56 bits per heavy atom. The maximum absolute atomic E-state index is 12.7. The van der Waals surface area contributed by atoms with Gasteiger partial charge in [-0.1, -0.05) is 11.6 Å². The Bertz CT molecular complexity index is 827. The molecule has 136 valence electrons. The molecule has 1 N–H and O–H groups in total. The molecule has 0 spiro atoms. The van der Waals surface area contributed by atoms with Gasteiger partial charge in [0.05, 0.1) is 22.8 Å². The van der Waals surface area contributed by atoms with Gasteiger partial charge in [-0.2, -0.15) is 9.40 Å². The molecule has 25 heavy (non-hydrogen) atoms. The summed E-state index contributed by atoms with van der Waals surface area (Å²) < 4.78 is 28.6. The normalized spacial score (nSPS) is 16.5. The van der Waals surface area contributed by atoms with Crippen LogP contribution in [-0.2, 0) is 23.6 Å². The van der Waals surface area contributed by atoms with Gasteiger partial charge < -0.3 is 5.32 Å². The van der Waals surface area contributed by atoms with E-state index in [2.05, 4.69) is 10.4 Å². The van der Waals surface area contributed by atoms with Gasteiger partial charge in [0.25, 0.3) is 0 Å². The fourth-order valence-corrected chi connectivity index (χ4v) is 4.36. The molecule has 2 aromatic rings. The van der Waals surface area contributed by atoms with Gasteiger partial charge in [-0.05, 0) is 56.3 Å². The molecule has 1 aromatic carbocycles. The molecule has 0 radical (unpaired) electrons. The predicted octanol–water partition coefficient (Wildman–Crippen LogP) is 2.36. The second kappa shape index (κ2) is 7.45. The van der Waals surface area contributed by atoms with Gasteiger partial charge in [-0.15, -0.1) is 0 Å². The number of halogens is 1. The fourth-order valence-electron chi connectivity index (χ4n) is 3.10. The van der Waals surface area contributed by atoms with E-state index in [0.29, 0.717) is 10.9 Å². The minimum Gasteiger partial charge on any atom is -0.317 e. The van der Waals surface area contributed by atoms with Crippen LogP contribution in [0.4, 0.5) is 0 Å². The van der Waals surface area contributed by atoms with E-state index >= 15 is 0 Å². The number of benzene rings is 1. The number of hydrogen-bond donors (Lipinski definition) is 1. The molecule has 0 amide bonds. The average molecular weight is 383 g/mol. The van der Waals surface area contributed by atoms with Crippen LogP contribution in [0.25, 0.3) is 0 Å². The third-order valence-corrected chi connectivity index (χ3v) is 6.73. The van der Waals surface area contributed by atoms with Crippen LogP contribution in [0.3, 0.4) is 0 Å². The van der Waals surface area contributed by atoms with Crippen LogP contribution in [0.5, 0.6) is 0 Å². The van der Waals surface area contributed by atoms with E-state index < -0.39 is 10.0 Å². The summed E-state index contributed by atoms with van der Waals surface area (Å²) in [5.41, 5.74) is 1.94. The lowest BCUT2D eigenvalue weighted by Crippen LogP contribution is -2.27. The Kier molecular flexibility index (Phi) is 5.48. The number of hydrogen-bond acceptors (Lipinski definition) is 4. The van der Waals surface area contributed by atoms with Crippen molar-refractivity contribution in [3.8, 4) is 0 Å². The Morgan fingerprint density at radius 2 is 1.92 bits per heavy atom. The highest BCUT2D eigenvalue weighted by molar-refractivity contribution is 7.89. The molecule has 8 heteroatoms. The Hall–Kier alpha value is -1.41. The topological polar surface area (TPSA) is 67.2 Å². The van der Waals surface area contributed by atoms with Crippen molar-refractivity contribution in [3.05, 3.63) is 46.7 Å². The summed E-state index contributed by atoms with van der Waals surface area (Å²) in [6.45, 7) is 2.28. The van der Waals surface area contributed by atoms with Crippen molar-refractivity contribution in [3.63, 3.8) is 0 Å². The molecule has 0 saturated carbocycles. The zero-order valence-corrected chi connectivity index (χ0v) is 16.0. The lowest BCUT2D eigenvalue weighted by molar-refractivity contribution is 0.446. The number of nitrogens with one attached hydrogen (secondary N) is 1. The molecular weight excluding hydrogens is 360 g/mol. The molecule has 0 aliphatic carbocycles. The first-order chi connectivity index (χ1) is 11.9. The molecule has 2 heterocycles. The number of piperidine rings is 1. The van der Waals surface area contributed by atoms with E-state index in [4.69, 9.17) is 11.6 Å². The number of aromatic nitrogens is 2. The lowest BCUT2D eigenvalue weighted by atomic mass is 9.95. The number of nitrogens with zero attached hydrogens (tertiary/aromatic N) is 3. The Balaban J connectivity index is 1.77. The van der Waals surface area contributed by atoms with E-state index in [1.807, 2.05) is 13.1 Å². The second-order valence-corrected chi connectivity index (χ2v) is 8.90. The third kappa shape index (κ3) is 4.06. The summed E-state index contributed by atoms with van der Waals surface area (Å²) in [5, 5.41) is 8.47. The molecule has 0 atom stereocenters. The van der Waals surface area contributed by atoms with Crippen molar-refractivity contribution < 1.29 is 8.42 Å². The van der Waals surface area contributed by atoms with Crippen LogP contribution in [0.2, 0.25) is 5.02 Å². The van der Waals surface area contributed by atoms with E-state index in [1.54, 1.807) is 23.9 Å². The van der Waals surface area contributed by atoms with Crippen molar-refractivity contribution in [2.75, 3.05) is 20.1 Å². The summed E-state index contributed by atoms with van der Waals surface area (Å²) in [6.07, 6.45) is 2.13. The van der Waals surface area contributed by atoms with Crippen LogP contribution in [-0.4, -0.2) is 42.6 Å². The molecule has 1 aliphatic heterocycles. The fraction of sp³-hybridized carbons (Fsp3) is 0.471. The van der Waals surface area contributed by atoms with Crippen LogP contribution in [0, 0.1) is 0 Å². The van der Waals surface area contributed by atoms with Gasteiger partial charge in [0.2, 0.25) is 10.0 Å². The van der Waals surface area contributed by atoms with Gasteiger partial charge >= 0.3 is 0 Å². The highest BCUT2D eigenvalue weighted by Gasteiger charge is 2.24. The molecule has 6 nitrogen and oxygen atoms in total. The summed E-state index contributed by atoms with van der Waals surface area (Å²) in [6, 6.07) is 8.25. The lowest BCUT2D eigenvalue weighted by Gasteiger charge is -2.20. The summed E-state index contributed by atoms with van der Waals surface area (Å²) in [4.78, 5) is 0.236. The predicted molar refractivity (Wildman–Crippen MR) is 98.2 cm³/mol. The monoisotopic (exact) mass is 382 g/mol. The molecule has 1 fully saturated rings. The first-order valence-electron chi connectivity index (χ1n) is 8.33. The summed E-state index contributed by atoms with van der Waals surface area (Å²) in [5.74, 6) is 0.444. The number of sulfonamides is 1. The van der Waals surface area contributed by atoms with Gasteiger partial charge in [0, 0.05) is 25.0 Å². The van der Waals surface area contributed by atoms with Crippen molar-refractivity contribution in [1.82, 2.24) is 19.4 Å². The molecule has 1 saturated heterocycles. The smallest absolute Gasteiger partial charge is 0.243 e.